The fourth-order valence-electron chi connectivity index (χ4n) is 3.04. The maximum Gasteiger partial charge on any atom is 0.228 e. The minimum atomic E-state index is 0.455. The number of aromatic nitrogens is 3. The molecule has 0 unspecified atom stereocenters. The Hall–Kier alpha value is -3.81. The van der Waals surface area contributed by atoms with E-state index in [4.69, 9.17) is 18.7 Å². The highest BCUT2D eigenvalue weighted by atomic mass is 16.5. The second-order valence-corrected chi connectivity index (χ2v) is 6.34. The molecular weight excluding hydrogens is 372 g/mol. The van der Waals surface area contributed by atoms with Crippen molar-refractivity contribution in [2.75, 3.05) is 26.6 Å². The predicted molar refractivity (Wildman–Crippen MR) is 109 cm³/mol. The van der Waals surface area contributed by atoms with Gasteiger partial charge in [-0.2, -0.15) is 0 Å². The molecule has 8 heteroatoms. The molecule has 0 fully saturated rings. The van der Waals surface area contributed by atoms with Crippen LogP contribution < -0.4 is 19.5 Å². The second-order valence-electron chi connectivity index (χ2n) is 6.34. The van der Waals surface area contributed by atoms with Gasteiger partial charge in [-0.15, -0.1) is 0 Å². The number of anilines is 2. The molecule has 0 aliphatic heterocycles. The van der Waals surface area contributed by atoms with E-state index in [1.54, 1.807) is 33.5 Å². The minimum absolute atomic E-state index is 0.455. The van der Waals surface area contributed by atoms with Gasteiger partial charge >= 0.3 is 0 Å². The molecule has 1 N–H and O–H groups in total. The Morgan fingerprint density at radius 3 is 2.21 bits per heavy atom. The van der Waals surface area contributed by atoms with Gasteiger partial charge in [0.2, 0.25) is 11.3 Å². The van der Waals surface area contributed by atoms with Crippen LogP contribution in [0.25, 0.3) is 22.4 Å². The largest absolute Gasteiger partial charge is 0.493 e. The zero-order valence-electron chi connectivity index (χ0n) is 16.5. The predicted octanol–water partition coefficient (Wildman–Crippen LogP) is 4.36. The minimum Gasteiger partial charge on any atom is -0.493 e. The van der Waals surface area contributed by atoms with E-state index in [0.717, 1.165) is 5.56 Å². The molecule has 2 heterocycles. The van der Waals surface area contributed by atoms with Crippen molar-refractivity contribution in [3.63, 3.8) is 0 Å². The Bertz CT molecular complexity index is 1130. The topological polar surface area (TPSA) is 91.5 Å². The summed E-state index contributed by atoms with van der Waals surface area (Å²) in [6.45, 7) is 2.03. The first kappa shape index (κ1) is 18.5. The molecule has 29 heavy (non-hydrogen) atoms. The zero-order chi connectivity index (χ0) is 20.4. The maximum atomic E-state index is 5.57. The molecule has 0 radical (unpaired) electrons. The summed E-state index contributed by atoms with van der Waals surface area (Å²) in [5.74, 6) is 2.04. The summed E-state index contributed by atoms with van der Waals surface area (Å²) in [4.78, 5) is 8.67. The van der Waals surface area contributed by atoms with Gasteiger partial charge in [-0.05, 0) is 6.92 Å². The van der Waals surface area contributed by atoms with Gasteiger partial charge in [-0.1, -0.05) is 35.0 Å². The Kier molecular flexibility index (Phi) is 4.90. The molecule has 0 saturated carbocycles. The van der Waals surface area contributed by atoms with E-state index < -0.39 is 0 Å². The van der Waals surface area contributed by atoms with E-state index in [0.29, 0.717) is 45.5 Å². The van der Waals surface area contributed by atoms with Crippen LogP contribution in [0.1, 0.15) is 5.56 Å². The number of methoxy groups -OCH3 is 3. The molecule has 0 bridgehead atoms. The normalized spacial score (nSPS) is 10.8. The Labute approximate surface area is 167 Å². The van der Waals surface area contributed by atoms with Crippen LogP contribution in [0.15, 0.2) is 47.2 Å². The van der Waals surface area contributed by atoms with Crippen LogP contribution >= 0.6 is 0 Å². The number of benzene rings is 2. The molecule has 2 aromatic heterocycles. The lowest BCUT2D eigenvalue weighted by molar-refractivity contribution is 0.324. The smallest absolute Gasteiger partial charge is 0.228 e. The quantitative estimate of drug-likeness (QED) is 0.517. The molecule has 0 aliphatic rings. The summed E-state index contributed by atoms with van der Waals surface area (Å²) >= 11 is 0. The molecule has 4 rings (SSSR count). The number of aryl methyl sites for hydroxylation is 1. The van der Waals surface area contributed by atoms with Crippen molar-refractivity contribution in [1.29, 1.82) is 0 Å². The highest BCUT2D eigenvalue weighted by Crippen LogP contribution is 2.41. The van der Waals surface area contributed by atoms with Crippen molar-refractivity contribution in [3.05, 3.63) is 48.3 Å². The first-order valence-electron chi connectivity index (χ1n) is 8.89. The average molecular weight is 392 g/mol. The van der Waals surface area contributed by atoms with E-state index in [9.17, 15) is 0 Å². The number of rotatable bonds is 6. The van der Waals surface area contributed by atoms with Crippen LogP contribution in [0.2, 0.25) is 0 Å². The molecule has 0 spiro atoms. The van der Waals surface area contributed by atoms with E-state index in [1.807, 2.05) is 31.2 Å². The van der Waals surface area contributed by atoms with Crippen molar-refractivity contribution in [1.82, 2.24) is 15.1 Å². The van der Waals surface area contributed by atoms with Gasteiger partial charge in [0.15, 0.2) is 17.3 Å². The van der Waals surface area contributed by atoms with Gasteiger partial charge in [0.1, 0.15) is 17.5 Å². The summed E-state index contributed by atoms with van der Waals surface area (Å²) < 4.78 is 21.7. The highest BCUT2D eigenvalue weighted by molar-refractivity contribution is 5.94. The van der Waals surface area contributed by atoms with E-state index in [1.165, 1.54) is 11.9 Å². The van der Waals surface area contributed by atoms with Crippen molar-refractivity contribution < 1.29 is 18.7 Å². The maximum absolute atomic E-state index is 5.57. The SMILES string of the molecule is COc1cc(Nc2ncnc3c(-c4ccc(C)cc4)noc23)cc(OC)c1OC. The number of fused-ring (bicyclic) bond motifs is 1. The summed E-state index contributed by atoms with van der Waals surface area (Å²) in [5.41, 5.74) is 4.52. The Morgan fingerprint density at radius 1 is 0.897 bits per heavy atom. The van der Waals surface area contributed by atoms with E-state index in [-0.39, 0.29) is 0 Å². The zero-order valence-corrected chi connectivity index (χ0v) is 16.5. The van der Waals surface area contributed by atoms with E-state index >= 15 is 0 Å². The second kappa shape index (κ2) is 7.67. The Morgan fingerprint density at radius 2 is 1.59 bits per heavy atom. The number of nitrogens with zero attached hydrogens (tertiary/aromatic N) is 3. The fraction of sp³-hybridized carbons (Fsp3) is 0.190. The number of hydrogen-bond acceptors (Lipinski definition) is 8. The van der Waals surface area contributed by atoms with Gasteiger partial charge in [0.25, 0.3) is 0 Å². The standard InChI is InChI=1S/C21H20N4O4/c1-12-5-7-13(8-6-12)17-18-20(29-25-17)21(23-11-22-18)24-14-9-15(26-2)19(28-4)16(10-14)27-3/h5-11H,1-4H3,(H,22,23,24). The van der Waals surface area contributed by atoms with Crippen LogP contribution in [0.4, 0.5) is 11.5 Å². The molecule has 0 atom stereocenters. The lowest BCUT2D eigenvalue weighted by Gasteiger charge is -2.14. The monoisotopic (exact) mass is 392 g/mol. The van der Waals surface area contributed by atoms with Crippen molar-refractivity contribution in [2.24, 2.45) is 0 Å². The van der Waals surface area contributed by atoms with Crippen molar-refractivity contribution in [2.45, 2.75) is 6.92 Å². The van der Waals surface area contributed by atoms with E-state index in [2.05, 4.69) is 20.4 Å². The van der Waals surface area contributed by atoms with Crippen molar-refractivity contribution in [3.8, 4) is 28.5 Å². The third-order valence-corrected chi connectivity index (χ3v) is 4.51. The van der Waals surface area contributed by atoms with Crippen LogP contribution in [0, 0.1) is 6.92 Å². The first-order valence-corrected chi connectivity index (χ1v) is 8.89. The number of hydrogen-bond donors (Lipinski definition) is 1. The molecule has 2 aromatic carbocycles. The summed E-state index contributed by atoms with van der Waals surface area (Å²) in [6, 6.07) is 11.6. The van der Waals surface area contributed by atoms with Crippen LogP contribution in [-0.2, 0) is 0 Å². The molecule has 8 nitrogen and oxygen atoms in total. The van der Waals surface area contributed by atoms with Crippen LogP contribution in [-0.4, -0.2) is 36.5 Å². The summed E-state index contributed by atoms with van der Waals surface area (Å²) in [7, 11) is 4.69. The summed E-state index contributed by atoms with van der Waals surface area (Å²) in [6.07, 6.45) is 1.47. The molecule has 0 aliphatic carbocycles. The lowest BCUT2D eigenvalue weighted by Crippen LogP contribution is -1.99. The first-order chi connectivity index (χ1) is 14.1. The third kappa shape index (κ3) is 3.40. The number of ether oxygens (including phenoxy) is 3. The van der Waals surface area contributed by atoms with Gasteiger partial charge in [-0.25, -0.2) is 9.97 Å². The van der Waals surface area contributed by atoms with Crippen molar-refractivity contribution >= 4 is 22.6 Å². The highest BCUT2D eigenvalue weighted by Gasteiger charge is 2.18. The number of nitrogens with one attached hydrogen (secondary N) is 1. The van der Waals surface area contributed by atoms with Crippen LogP contribution in [0.3, 0.4) is 0 Å². The Balaban J connectivity index is 1.75. The average Bonchev–Trinajstić information content (AvgIpc) is 3.18. The molecular formula is C21H20N4O4. The molecule has 4 aromatic rings. The lowest BCUT2D eigenvalue weighted by atomic mass is 10.1. The third-order valence-electron chi connectivity index (χ3n) is 4.51. The van der Waals surface area contributed by atoms with Gasteiger partial charge in [-0.3, -0.25) is 0 Å². The molecule has 148 valence electrons. The van der Waals surface area contributed by atoms with Crippen LogP contribution in [0.5, 0.6) is 17.2 Å². The fourth-order valence-corrected chi connectivity index (χ4v) is 3.04. The molecule has 0 saturated heterocycles. The molecule has 0 amide bonds. The van der Waals surface area contributed by atoms with Gasteiger partial charge in [0.05, 0.1) is 21.3 Å². The van der Waals surface area contributed by atoms with Gasteiger partial charge in [0, 0.05) is 23.4 Å². The van der Waals surface area contributed by atoms with Gasteiger partial charge < -0.3 is 24.1 Å². The summed E-state index contributed by atoms with van der Waals surface area (Å²) in [5, 5.41) is 7.43.